The first-order valence-electron chi connectivity index (χ1n) is 8.16. The minimum Gasteiger partial charge on any atom is -0.507 e. The normalized spacial score (nSPS) is 12.5. The molecule has 0 saturated carbocycles. The number of halogens is 1. The number of rotatable bonds is 6. The minimum absolute atomic E-state index is 0.00378. The lowest BCUT2D eigenvalue weighted by Gasteiger charge is -2.20. The number of aromatic hydroxyl groups is 2. The number of fused-ring (bicyclic) bond motifs is 2. The highest BCUT2D eigenvalue weighted by molar-refractivity contribution is 6.30. The molecule has 1 aliphatic rings. The predicted octanol–water partition coefficient (Wildman–Crippen LogP) is 1.59. The van der Waals surface area contributed by atoms with Crippen molar-refractivity contribution in [3.05, 3.63) is 58.1 Å². The third-order valence-electron chi connectivity index (χ3n) is 4.12. The average Bonchev–Trinajstić information content (AvgIpc) is 2.65. The molecule has 0 atom stereocenters. The van der Waals surface area contributed by atoms with Gasteiger partial charge < -0.3 is 20.3 Å². The molecule has 0 unspecified atom stereocenters. The Morgan fingerprint density at radius 3 is 2.48 bits per heavy atom. The zero-order valence-electron chi connectivity index (χ0n) is 14.1. The molecule has 1 aliphatic carbocycles. The Kier molecular flexibility index (Phi) is 5.18. The van der Waals surface area contributed by atoms with Crippen LogP contribution < -0.4 is 5.32 Å². The lowest BCUT2D eigenvalue weighted by Crippen LogP contribution is -2.28. The highest BCUT2D eigenvalue weighted by atomic mass is 19.1. The van der Waals surface area contributed by atoms with Crippen LogP contribution in [0.4, 0.5) is 4.39 Å². The summed E-state index contributed by atoms with van der Waals surface area (Å²) in [5.41, 5.74) is -0.549. The van der Waals surface area contributed by atoms with Gasteiger partial charge in [-0.1, -0.05) is 12.1 Å². The number of amides is 1. The Labute approximate surface area is 153 Å². The first-order valence-corrected chi connectivity index (χ1v) is 8.16. The monoisotopic (exact) mass is 373 g/mol. The fourth-order valence-electron chi connectivity index (χ4n) is 2.91. The third kappa shape index (κ3) is 3.39. The van der Waals surface area contributed by atoms with Crippen molar-refractivity contribution in [1.29, 1.82) is 0 Å². The van der Waals surface area contributed by atoms with Gasteiger partial charge in [-0.25, -0.2) is 4.39 Å². The van der Waals surface area contributed by atoms with Gasteiger partial charge in [0.15, 0.2) is 5.78 Å². The molecule has 2 aromatic rings. The lowest BCUT2D eigenvalue weighted by molar-refractivity contribution is 0.0901. The van der Waals surface area contributed by atoms with Gasteiger partial charge in [-0.15, -0.1) is 0 Å². The Bertz CT molecular complexity index is 940. The van der Waals surface area contributed by atoms with Gasteiger partial charge in [-0.3, -0.25) is 14.4 Å². The summed E-state index contributed by atoms with van der Waals surface area (Å²) in [6.45, 7) is -0.477. The number of ether oxygens (including phenoxy) is 1. The molecule has 8 heteroatoms. The Hall–Kier alpha value is -3.26. The number of hydrogen-bond donors (Lipinski definition) is 3. The topological polar surface area (TPSA) is 113 Å². The largest absolute Gasteiger partial charge is 0.507 e. The van der Waals surface area contributed by atoms with Crippen molar-refractivity contribution in [3.8, 4) is 11.5 Å². The van der Waals surface area contributed by atoms with Crippen molar-refractivity contribution in [1.82, 2.24) is 5.32 Å². The highest BCUT2D eigenvalue weighted by Gasteiger charge is 2.34. The van der Waals surface area contributed by atoms with Gasteiger partial charge in [0.2, 0.25) is 5.78 Å². The number of nitrogens with one attached hydrogen (secondary N) is 1. The second-order valence-electron chi connectivity index (χ2n) is 5.83. The summed E-state index contributed by atoms with van der Waals surface area (Å²) in [5, 5.41) is 22.7. The van der Waals surface area contributed by atoms with E-state index in [1.807, 2.05) is 0 Å². The maximum Gasteiger partial charge on any atom is 0.251 e. The van der Waals surface area contributed by atoms with E-state index in [0.717, 1.165) is 6.07 Å². The molecule has 0 saturated heterocycles. The van der Waals surface area contributed by atoms with Crippen molar-refractivity contribution in [2.24, 2.45) is 0 Å². The molecule has 2 aromatic carbocycles. The van der Waals surface area contributed by atoms with Gasteiger partial charge in [0.05, 0.1) is 24.3 Å². The maximum absolute atomic E-state index is 12.7. The Morgan fingerprint density at radius 2 is 1.74 bits per heavy atom. The number of phenols is 2. The van der Waals surface area contributed by atoms with E-state index in [0.29, 0.717) is 0 Å². The van der Waals surface area contributed by atoms with Gasteiger partial charge in [0.25, 0.3) is 5.91 Å². The molecule has 0 aromatic heterocycles. The first-order chi connectivity index (χ1) is 13.0. The van der Waals surface area contributed by atoms with E-state index in [1.54, 1.807) is 0 Å². The third-order valence-corrected chi connectivity index (χ3v) is 4.12. The van der Waals surface area contributed by atoms with Crippen LogP contribution in [0.25, 0.3) is 0 Å². The molecule has 3 N–H and O–H groups in total. The van der Waals surface area contributed by atoms with Crippen molar-refractivity contribution < 1.29 is 33.7 Å². The standard InChI is InChI=1S/C19H16FNO6/c20-4-6-27-7-5-21-19(26)10-8-12-16(14(23)9-10)18(25)15-11(17(12)24)2-1-3-13(15)22/h1-3,8-9,22-23H,4-7H2,(H,21,26). The molecule has 0 aliphatic heterocycles. The van der Waals surface area contributed by atoms with Crippen molar-refractivity contribution in [3.63, 3.8) is 0 Å². The van der Waals surface area contributed by atoms with Crippen molar-refractivity contribution in [2.75, 3.05) is 26.4 Å². The van der Waals surface area contributed by atoms with Gasteiger partial charge >= 0.3 is 0 Å². The number of hydrogen-bond acceptors (Lipinski definition) is 6. The molecule has 0 fully saturated rings. The molecule has 0 radical (unpaired) electrons. The lowest BCUT2D eigenvalue weighted by atomic mass is 9.82. The number of phenolic OH excluding ortho intramolecular Hbond substituents is 2. The SMILES string of the molecule is O=C(NCCOCCF)c1cc(O)c2c(c1)C(=O)c1cccc(O)c1C2=O. The van der Waals surface area contributed by atoms with Crippen molar-refractivity contribution in [2.45, 2.75) is 0 Å². The average molecular weight is 373 g/mol. The minimum atomic E-state index is -0.693. The van der Waals surface area contributed by atoms with E-state index in [9.17, 15) is 29.0 Å². The van der Waals surface area contributed by atoms with Crippen molar-refractivity contribution >= 4 is 17.5 Å². The quantitative estimate of drug-likeness (QED) is 0.566. The molecule has 27 heavy (non-hydrogen) atoms. The van der Waals surface area contributed by atoms with E-state index < -0.39 is 29.9 Å². The first kappa shape index (κ1) is 18.5. The molecular formula is C19H16FNO6. The Morgan fingerprint density at radius 1 is 1.00 bits per heavy atom. The number of carbonyl (C=O) groups is 3. The van der Waals surface area contributed by atoms with Gasteiger partial charge in [0, 0.05) is 23.2 Å². The molecule has 0 spiro atoms. The summed E-state index contributed by atoms with van der Waals surface area (Å²) in [4.78, 5) is 37.5. The van der Waals surface area contributed by atoms with E-state index in [2.05, 4.69) is 5.32 Å². The Balaban J connectivity index is 1.90. The second kappa shape index (κ2) is 7.55. The van der Waals surface area contributed by atoms with E-state index >= 15 is 0 Å². The summed E-state index contributed by atoms with van der Waals surface area (Å²) in [6, 6.07) is 6.40. The maximum atomic E-state index is 12.7. The van der Waals surface area contributed by atoms with Crippen LogP contribution >= 0.6 is 0 Å². The van der Waals surface area contributed by atoms with Gasteiger partial charge in [0.1, 0.15) is 18.2 Å². The molecule has 3 rings (SSSR count). The summed E-state index contributed by atoms with van der Waals surface area (Å²) in [6.07, 6.45) is 0. The molecule has 0 heterocycles. The summed E-state index contributed by atoms with van der Waals surface area (Å²) in [5.74, 6) is -2.74. The van der Waals surface area contributed by atoms with Crippen LogP contribution in [0, 0.1) is 0 Å². The zero-order valence-corrected chi connectivity index (χ0v) is 14.1. The molecule has 0 bridgehead atoms. The summed E-state index contributed by atoms with van der Waals surface area (Å²) in [7, 11) is 0. The van der Waals surface area contributed by atoms with Gasteiger partial charge in [-0.05, 0) is 18.2 Å². The summed E-state index contributed by atoms with van der Waals surface area (Å²) >= 11 is 0. The van der Waals surface area contributed by atoms with Crippen LogP contribution in [0.5, 0.6) is 11.5 Å². The van der Waals surface area contributed by atoms with Crippen LogP contribution in [0.15, 0.2) is 30.3 Å². The number of ketones is 2. The number of carbonyl (C=O) groups excluding carboxylic acids is 3. The van der Waals surface area contributed by atoms with Crippen LogP contribution in [-0.2, 0) is 4.74 Å². The van der Waals surface area contributed by atoms with E-state index in [1.165, 1.54) is 24.3 Å². The fraction of sp³-hybridized carbons (Fsp3) is 0.211. The van der Waals surface area contributed by atoms with Crippen LogP contribution in [0.2, 0.25) is 0 Å². The molecule has 1 amide bonds. The molecule has 7 nitrogen and oxygen atoms in total. The van der Waals surface area contributed by atoms with E-state index in [-0.39, 0.29) is 53.3 Å². The molecular weight excluding hydrogens is 357 g/mol. The second-order valence-corrected chi connectivity index (χ2v) is 5.83. The predicted molar refractivity (Wildman–Crippen MR) is 92.2 cm³/mol. The zero-order chi connectivity index (χ0) is 19.6. The van der Waals surface area contributed by atoms with Crippen LogP contribution in [0.3, 0.4) is 0 Å². The van der Waals surface area contributed by atoms with E-state index in [4.69, 9.17) is 4.74 Å². The fourth-order valence-corrected chi connectivity index (χ4v) is 2.91. The number of alkyl halides is 1. The molecule has 140 valence electrons. The van der Waals surface area contributed by atoms with Crippen LogP contribution in [-0.4, -0.2) is 54.1 Å². The number of benzene rings is 2. The van der Waals surface area contributed by atoms with Crippen LogP contribution in [0.1, 0.15) is 42.2 Å². The smallest absolute Gasteiger partial charge is 0.251 e. The van der Waals surface area contributed by atoms with Gasteiger partial charge in [-0.2, -0.15) is 0 Å². The highest BCUT2D eigenvalue weighted by Crippen LogP contribution is 2.37. The summed E-state index contributed by atoms with van der Waals surface area (Å²) < 4.78 is 16.8.